The molecule has 0 unspecified atom stereocenters. The summed E-state index contributed by atoms with van der Waals surface area (Å²) in [6, 6.07) is 11.6. The van der Waals surface area contributed by atoms with Crippen LogP contribution in [0.1, 0.15) is 41.5 Å². The molecule has 2 aromatic carbocycles. The monoisotopic (exact) mass is 341 g/mol. The number of anilines is 1. The Hall–Kier alpha value is -1.81. The van der Waals surface area contributed by atoms with Gasteiger partial charge in [0.2, 0.25) is 0 Å². The molecule has 4 heteroatoms. The largest absolute Gasteiger partial charge is 0.266 e. The zero-order valence-electron chi connectivity index (χ0n) is 14.1. The second kappa shape index (κ2) is 5.92. The summed E-state index contributed by atoms with van der Waals surface area (Å²) in [6.45, 7) is 2.54. The second-order valence-electron chi connectivity index (χ2n) is 6.95. The van der Waals surface area contributed by atoms with Crippen LogP contribution in [0.2, 0.25) is 0 Å². The molecular formula is C20H23NO2S. The summed E-state index contributed by atoms with van der Waals surface area (Å²) in [5.41, 5.74) is 5.93. The van der Waals surface area contributed by atoms with Gasteiger partial charge in [0, 0.05) is 6.54 Å². The quantitative estimate of drug-likeness (QED) is 0.827. The maximum Gasteiger partial charge on any atom is 0.264 e. The Bertz CT molecular complexity index is 869. The van der Waals surface area contributed by atoms with Gasteiger partial charge in [0.25, 0.3) is 10.0 Å². The van der Waals surface area contributed by atoms with E-state index in [1.165, 1.54) is 29.5 Å². The molecule has 1 aliphatic carbocycles. The van der Waals surface area contributed by atoms with E-state index in [4.69, 9.17) is 0 Å². The van der Waals surface area contributed by atoms with Crippen molar-refractivity contribution >= 4 is 15.7 Å². The Morgan fingerprint density at radius 3 is 2.17 bits per heavy atom. The van der Waals surface area contributed by atoms with Gasteiger partial charge >= 0.3 is 0 Å². The Labute approximate surface area is 144 Å². The summed E-state index contributed by atoms with van der Waals surface area (Å²) >= 11 is 0. The van der Waals surface area contributed by atoms with Crippen LogP contribution in [0.15, 0.2) is 41.3 Å². The van der Waals surface area contributed by atoms with E-state index in [0.29, 0.717) is 11.4 Å². The molecule has 0 radical (unpaired) electrons. The molecule has 0 N–H and O–H groups in total. The van der Waals surface area contributed by atoms with Crippen LogP contribution in [0.25, 0.3) is 0 Å². The van der Waals surface area contributed by atoms with Crippen LogP contribution in [-0.2, 0) is 29.3 Å². The first-order chi connectivity index (χ1) is 11.6. The van der Waals surface area contributed by atoms with Gasteiger partial charge in [-0.15, -0.1) is 0 Å². The zero-order chi connectivity index (χ0) is 16.7. The van der Waals surface area contributed by atoms with Crippen LogP contribution in [0.3, 0.4) is 0 Å². The predicted octanol–water partition coefficient (Wildman–Crippen LogP) is 4.02. The first kappa shape index (κ1) is 15.7. The number of benzene rings is 2. The van der Waals surface area contributed by atoms with Crippen molar-refractivity contribution in [3.63, 3.8) is 0 Å². The van der Waals surface area contributed by atoms with Crippen LogP contribution in [0, 0.1) is 6.92 Å². The molecule has 2 aromatic rings. The highest BCUT2D eigenvalue weighted by atomic mass is 32.2. The van der Waals surface area contributed by atoms with Crippen LogP contribution < -0.4 is 4.31 Å². The molecule has 0 aromatic heterocycles. The van der Waals surface area contributed by atoms with Gasteiger partial charge in [-0.3, -0.25) is 4.31 Å². The lowest BCUT2D eigenvalue weighted by molar-refractivity contribution is 0.586. The molecule has 3 nitrogen and oxygen atoms in total. The van der Waals surface area contributed by atoms with Gasteiger partial charge in [0.05, 0.1) is 10.6 Å². The smallest absolute Gasteiger partial charge is 0.264 e. The van der Waals surface area contributed by atoms with E-state index >= 15 is 0 Å². The Balaban J connectivity index is 1.79. The van der Waals surface area contributed by atoms with E-state index in [0.717, 1.165) is 36.9 Å². The molecule has 126 valence electrons. The molecule has 0 fully saturated rings. The topological polar surface area (TPSA) is 37.4 Å². The molecule has 0 saturated carbocycles. The van der Waals surface area contributed by atoms with Gasteiger partial charge in [-0.2, -0.15) is 0 Å². The predicted molar refractivity (Wildman–Crippen MR) is 97.1 cm³/mol. The number of rotatable bonds is 2. The summed E-state index contributed by atoms with van der Waals surface area (Å²) in [4.78, 5) is 0.388. The van der Waals surface area contributed by atoms with Gasteiger partial charge in [0.15, 0.2) is 0 Å². The molecule has 0 bridgehead atoms. The van der Waals surface area contributed by atoms with Crippen molar-refractivity contribution < 1.29 is 8.42 Å². The summed E-state index contributed by atoms with van der Waals surface area (Å²) in [6.07, 6.45) is 6.52. The highest BCUT2D eigenvalue weighted by molar-refractivity contribution is 7.92. The number of sulfonamides is 1. The summed E-state index contributed by atoms with van der Waals surface area (Å²) in [5, 5.41) is 0. The molecule has 0 amide bonds. The number of hydrogen-bond acceptors (Lipinski definition) is 2. The van der Waals surface area contributed by atoms with E-state index in [1.807, 2.05) is 19.1 Å². The summed E-state index contributed by atoms with van der Waals surface area (Å²) in [7, 11) is -3.49. The molecule has 0 atom stereocenters. The fourth-order valence-corrected chi connectivity index (χ4v) is 5.41. The second-order valence-corrected chi connectivity index (χ2v) is 8.81. The van der Waals surface area contributed by atoms with Crippen LogP contribution >= 0.6 is 0 Å². The van der Waals surface area contributed by atoms with Crippen molar-refractivity contribution in [3.05, 3.63) is 58.7 Å². The molecule has 1 heterocycles. The standard InChI is InChI=1S/C20H23NO2S/c1-15-8-10-19(11-9-15)24(22,23)21-12-4-7-18-13-16-5-2-3-6-17(16)14-20(18)21/h8-11,13-14H,2-7,12H2,1H3. The van der Waals surface area contributed by atoms with Crippen molar-refractivity contribution in [2.24, 2.45) is 0 Å². The van der Waals surface area contributed by atoms with Crippen molar-refractivity contribution in [2.45, 2.75) is 50.3 Å². The molecule has 1 aliphatic heterocycles. The van der Waals surface area contributed by atoms with E-state index in [9.17, 15) is 8.42 Å². The van der Waals surface area contributed by atoms with Crippen molar-refractivity contribution in [3.8, 4) is 0 Å². The minimum atomic E-state index is -3.49. The average molecular weight is 341 g/mol. The number of aryl methyl sites for hydroxylation is 4. The van der Waals surface area contributed by atoms with Gasteiger partial charge < -0.3 is 0 Å². The summed E-state index contributed by atoms with van der Waals surface area (Å²) in [5.74, 6) is 0. The molecule has 2 aliphatic rings. The van der Waals surface area contributed by atoms with E-state index in [2.05, 4.69) is 12.1 Å². The maximum atomic E-state index is 13.2. The lowest BCUT2D eigenvalue weighted by Crippen LogP contribution is -2.35. The maximum absolute atomic E-state index is 13.2. The highest BCUT2D eigenvalue weighted by Crippen LogP contribution is 2.36. The minimum Gasteiger partial charge on any atom is -0.266 e. The fourth-order valence-electron chi connectivity index (χ4n) is 3.88. The van der Waals surface area contributed by atoms with Crippen LogP contribution in [0.5, 0.6) is 0 Å². The minimum absolute atomic E-state index is 0.388. The van der Waals surface area contributed by atoms with Crippen LogP contribution in [-0.4, -0.2) is 15.0 Å². The lowest BCUT2D eigenvalue weighted by atomic mass is 9.88. The van der Waals surface area contributed by atoms with Crippen LogP contribution in [0.4, 0.5) is 5.69 Å². The van der Waals surface area contributed by atoms with E-state index in [-0.39, 0.29) is 0 Å². The number of nitrogens with zero attached hydrogens (tertiary/aromatic N) is 1. The fraction of sp³-hybridized carbons (Fsp3) is 0.400. The molecule has 24 heavy (non-hydrogen) atoms. The van der Waals surface area contributed by atoms with E-state index in [1.54, 1.807) is 16.4 Å². The van der Waals surface area contributed by atoms with Gasteiger partial charge in [-0.25, -0.2) is 8.42 Å². The van der Waals surface area contributed by atoms with Gasteiger partial charge in [-0.05, 0) is 80.3 Å². The SMILES string of the molecule is Cc1ccc(S(=O)(=O)N2CCCc3cc4c(cc32)CCCC4)cc1. The first-order valence-electron chi connectivity index (χ1n) is 8.80. The zero-order valence-corrected chi connectivity index (χ0v) is 14.9. The summed E-state index contributed by atoms with van der Waals surface area (Å²) < 4.78 is 27.9. The first-order valence-corrected chi connectivity index (χ1v) is 10.2. The average Bonchev–Trinajstić information content (AvgIpc) is 2.59. The molecular weight excluding hydrogens is 318 g/mol. The number of hydrogen-bond donors (Lipinski definition) is 0. The molecule has 0 spiro atoms. The molecule has 4 rings (SSSR count). The van der Waals surface area contributed by atoms with Gasteiger partial charge in [0.1, 0.15) is 0 Å². The van der Waals surface area contributed by atoms with E-state index < -0.39 is 10.0 Å². The van der Waals surface area contributed by atoms with Crippen molar-refractivity contribution in [1.29, 1.82) is 0 Å². The highest BCUT2D eigenvalue weighted by Gasteiger charge is 2.30. The third kappa shape index (κ3) is 2.63. The van der Waals surface area contributed by atoms with Gasteiger partial charge in [-0.1, -0.05) is 23.8 Å². The Morgan fingerprint density at radius 2 is 1.46 bits per heavy atom. The normalized spacial score (nSPS) is 17.3. The third-order valence-corrected chi connectivity index (χ3v) is 7.06. The third-order valence-electron chi connectivity index (χ3n) is 5.23. The van der Waals surface area contributed by atoms with Crippen molar-refractivity contribution in [1.82, 2.24) is 0 Å². The Morgan fingerprint density at radius 1 is 0.833 bits per heavy atom. The lowest BCUT2D eigenvalue weighted by Gasteiger charge is -2.32. The number of fused-ring (bicyclic) bond motifs is 2. The molecule has 0 saturated heterocycles. The Kier molecular flexibility index (Phi) is 3.87. The van der Waals surface area contributed by atoms with Crippen molar-refractivity contribution in [2.75, 3.05) is 10.8 Å².